The third kappa shape index (κ3) is 4.28. The number of carbonyl (C=O) groups is 4. The number of amides is 4. The van der Waals surface area contributed by atoms with Gasteiger partial charge in [-0.25, -0.2) is 0 Å². The van der Waals surface area contributed by atoms with Crippen LogP contribution in [0.15, 0.2) is 48.5 Å². The molecule has 2 aromatic carbocycles. The van der Waals surface area contributed by atoms with Crippen molar-refractivity contribution in [3.05, 3.63) is 70.8 Å². The summed E-state index contributed by atoms with van der Waals surface area (Å²) >= 11 is 0. The van der Waals surface area contributed by atoms with Crippen molar-refractivity contribution >= 4 is 23.6 Å². The summed E-state index contributed by atoms with van der Waals surface area (Å²) in [7, 11) is 0. The molecule has 1 atom stereocenters. The number of benzene rings is 2. The quantitative estimate of drug-likeness (QED) is 0.710. The minimum atomic E-state index is -0.390. The number of hydrogen-bond donors (Lipinski definition) is 1. The van der Waals surface area contributed by atoms with E-state index in [1.807, 2.05) is 37.3 Å². The number of imide groups is 1. The lowest BCUT2D eigenvalue weighted by Gasteiger charge is -2.32. The lowest BCUT2D eigenvalue weighted by atomic mass is 9.96. The normalized spacial score (nSPS) is 18.0. The van der Waals surface area contributed by atoms with Crippen molar-refractivity contribution < 1.29 is 19.2 Å². The van der Waals surface area contributed by atoms with E-state index in [2.05, 4.69) is 5.32 Å². The molecule has 4 amide bonds. The third-order valence-electron chi connectivity index (χ3n) is 6.03. The summed E-state index contributed by atoms with van der Waals surface area (Å²) in [6.45, 7) is 3.75. The van der Waals surface area contributed by atoms with Crippen LogP contribution in [0.2, 0.25) is 0 Å². The summed E-state index contributed by atoms with van der Waals surface area (Å²) in [5, 5.41) is 2.91. The number of fused-ring (bicyclic) bond motifs is 1. The highest BCUT2D eigenvalue weighted by Gasteiger charge is 2.37. The molecule has 166 valence electrons. The highest BCUT2D eigenvalue weighted by Crippen LogP contribution is 2.27. The van der Waals surface area contributed by atoms with Crippen LogP contribution < -0.4 is 5.32 Å². The molecular weight excluding hydrogens is 406 g/mol. The molecule has 7 nitrogen and oxygen atoms in total. The lowest BCUT2D eigenvalue weighted by molar-refractivity contribution is -0.126. The Balaban J connectivity index is 1.49. The molecule has 2 aliphatic rings. The van der Waals surface area contributed by atoms with Crippen LogP contribution in [0.3, 0.4) is 0 Å². The molecule has 1 saturated heterocycles. The van der Waals surface area contributed by atoms with E-state index in [1.54, 1.807) is 17.0 Å². The maximum absolute atomic E-state index is 13.1. The predicted octanol–water partition coefficient (Wildman–Crippen LogP) is 2.86. The molecule has 7 heteroatoms. The van der Waals surface area contributed by atoms with Crippen LogP contribution in [0.4, 0.5) is 0 Å². The Morgan fingerprint density at radius 2 is 1.78 bits per heavy atom. The van der Waals surface area contributed by atoms with Gasteiger partial charge < -0.3 is 10.2 Å². The van der Waals surface area contributed by atoms with Gasteiger partial charge in [0.25, 0.3) is 17.7 Å². The molecule has 1 N–H and O–H groups in total. The average molecular weight is 434 g/mol. The largest absolute Gasteiger partial charge is 0.356 e. The summed E-state index contributed by atoms with van der Waals surface area (Å²) in [5.41, 5.74) is 1.80. The van der Waals surface area contributed by atoms with E-state index in [4.69, 9.17) is 0 Å². The average Bonchev–Trinajstić information content (AvgIpc) is 3.07. The fraction of sp³-hybridized carbons (Fsp3) is 0.360. The first-order valence-corrected chi connectivity index (χ1v) is 11.1. The first-order valence-electron chi connectivity index (χ1n) is 11.1. The Morgan fingerprint density at radius 3 is 2.53 bits per heavy atom. The first-order chi connectivity index (χ1) is 15.5. The number of piperidine rings is 1. The monoisotopic (exact) mass is 433 g/mol. The van der Waals surface area contributed by atoms with Gasteiger partial charge in [0.1, 0.15) is 0 Å². The van der Waals surface area contributed by atoms with Gasteiger partial charge in [0.2, 0.25) is 5.91 Å². The summed E-state index contributed by atoms with van der Waals surface area (Å²) < 4.78 is 0. The maximum Gasteiger partial charge on any atom is 0.261 e. The lowest BCUT2D eigenvalue weighted by Crippen LogP contribution is -2.45. The Bertz CT molecular complexity index is 1050. The Hall–Kier alpha value is -3.48. The Labute approximate surface area is 187 Å². The number of likely N-dealkylation sites (tertiary alicyclic amines) is 1. The van der Waals surface area contributed by atoms with Gasteiger partial charge in [0, 0.05) is 25.2 Å². The summed E-state index contributed by atoms with van der Waals surface area (Å²) in [4.78, 5) is 54.0. The first kappa shape index (κ1) is 21.7. The van der Waals surface area contributed by atoms with Crippen molar-refractivity contribution in [3.63, 3.8) is 0 Å². The van der Waals surface area contributed by atoms with E-state index in [-0.39, 0.29) is 41.7 Å². The molecule has 0 aliphatic carbocycles. The van der Waals surface area contributed by atoms with Gasteiger partial charge in [0.15, 0.2) is 0 Å². The molecule has 2 aromatic rings. The van der Waals surface area contributed by atoms with Gasteiger partial charge in [0.05, 0.1) is 23.6 Å². The zero-order valence-electron chi connectivity index (χ0n) is 18.2. The SMILES string of the molecule is CCCNC(=O)C1CCCN(C(=O)c2ccc3c(c2)C(=O)N(Cc2ccccc2)C3=O)C1. The fourth-order valence-corrected chi connectivity index (χ4v) is 4.28. The molecule has 4 rings (SSSR count). The fourth-order valence-electron chi connectivity index (χ4n) is 4.28. The third-order valence-corrected chi connectivity index (χ3v) is 6.03. The minimum Gasteiger partial charge on any atom is -0.356 e. The molecule has 2 heterocycles. The molecule has 0 aromatic heterocycles. The van der Waals surface area contributed by atoms with Gasteiger partial charge in [-0.05, 0) is 43.0 Å². The van der Waals surface area contributed by atoms with Crippen LogP contribution in [-0.4, -0.2) is 53.1 Å². The van der Waals surface area contributed by atoms with Crippen molar-refractivity contribution in [2.45, 2.75) is 32.7 Å². The van der Waals surface area contributed by atoms with E-state index < -0.39 is 0 Å². The van der Waals surface area contributed by atoms with Crippen LogP contribution in [-0.2, 0) is 11.3 Å². The molecule has 32 heavy (non-hydrogen) atoms. The molecular formula is C25H27N3O4. The van der Waals surface area contributed by atoms with Gasteiger partial charge >= 0.3 is 0 Å². The van der Waals surface area contributed by atoms with Gasteiger partial charge in [-0.15, -0.1) is 0 Å². The summed E-state index contributed by atoms with van der Waals surface area (Å²) in [6.07, 6.45) is 2.37. The van der Waals surface area contributed by atoms with Crippen LogP contribution in [0.5, 0.6) is 0 Å². The topological polar surface area (TPSA) is 86.8 Å². The minimum absolute atomic E-state index is 0.0179. The Morgan fingerprint density at radius 1 is 1.03 bits per heavy atom. The van der Waals surface area contributed by atoms with Crippen LogP contribution in [0, 0.1) is 5.92 Å². The predicted molar refractivity (Wildman–Crippen MR) is 119 cm³/mol. The smallest absolute Gasteiger partial charge is 0.261 e. The van der Waals surface area contributed by atoms with Crippen molar-refractivity contribution in [2.75, 3.05) is 19.6 Å². The summed E-state index contributed by atoms with van der Waals surface area (Å²) in [5.74, 6) is -1.20. The molecule has 0 spiro atoms. The Kier molecular flexibility index (Phi) is 6.35. The van der Waals surface area contributed by atoms with Crippen LogP contribution in [0.1, 0.15) is 62.8 Å². The zero-order chi connectivity index (χ0) is 22.7. The van der Waals surface area contributed by atoms with Crippen molar-refractivity contribution in [1.82, 2.24) is 15.1 Å². The number of hydrogen-bond acceptors (Lipinski definition) is 4. The number of carbonyl (C=O) groups excluding carboxylic acids is 4. The van der Waals surface area contributed by atoms with E-state index in [1.165, 1.54) is 11.0 Å². The second-order valence-corrected chi connectivity index (χ2v) is 8.32. The maximum atomic E-state index is 13.1. The number of rotatable bonds is 6. The molecule has 1 fully saturated rings. The van der Waals surface area contributed by atoms with Gasteiger partial charge in [-0.3, -0.25) is 24.1 Å². The van der Waals surface area contributed by atoms with Gasteiger partial charge in [-0.2, -0.15) is 0 Å². The molecule has 0 radical (unpaired) electrons. The molecule has 2 aliphatic heterocycles. The summed E-state index contributed by atoms with van der Waals surface area (Å²) in [6, 6.07) is 14.0. The van der Waals surface area contributed by atoms with Crippen LogP contribution >= 0.6 is 0 Å². The van der Waals surface area contributed by atoms with E-state index in [0.29, 0.717) is 30.8 Å². The van der Waals surface area contributed by atoms with Crippen molar-refractivity contribution in [2.24, 2.45) is 5.92 Å². The highest BCUT2D eigenvalue weighted by molar-refractivity contribution is 6.22. The molecule has 1 unspecified atom stereocenters. The van der Waals surface area contributed by atoms with Crippen molar-refractivity contribution in [1.29, 1.82) is 0 Å². The second-order valence-electron chi connectivity index (χ2n) is 8.32. The highest BCUT2D eigenvalue weighted by atomic mass is 16.2. The zero-order valence-corrected chi connectivity index (χ0v) is 18.2. The van der Waals surface area contributed by atoms with E-state index >= 15 is 0 Å². The van der Waals surface area contributed by atoms with Crippen LogP contribution in [0.25, 0.3) is 0 Å². The van der Waals surface area contributed by atoms with E-state index in [9.17, 15) is 19.2 Å². The van der Waals surface area contributed by atoms with E-state index in [0.717, 1.165) is 24.8 Å². The number of nitrogens with zero attached hydrogens (tertiary/aromatic N) is 2. The second kappa shape index (κ2) is 9.34. The number of nitrogens with one attached hydrogen (secondary N) is 1. The van der Waals surface area contributed by atoms with Crippen molar-refractivity contribution in [3.8, 4) is 0 Å². The molecule has 0 saturated carbocycles. The van der Waals surface area contributed by atoms with Gasteiger partial charge in [-0.1, -0.05) is 37.3 Å². The molecule has 0 bridgehead atoms. The standard InChI is InChI=1S/C25H27N3O4/c1-2-12-26-22(29)19-9-6-13-27(16-19)23(30)18-10-11-20-21(14-18)25(32)28(24(20)31)15-17-7-4-3-5-8-17/h3-5,7-8,10-11,14,19H,2,6,9,12-13,15-16H2,1H3,(H,26,29).